The van der Waals surface area contributed by atoms with Gasteiger partial charge >= 0.3 is 0 Å². The summed E-state index contributed by atoms with van der Waals surface area (Å²) in [4.78, 5) is 18.3. The molecule has 0 aliphatic carbocycles. The van der Waals surface area contributed by atoms with E-state index < -0.39 is 5.82 Å². The van der Waals surface area contributed by atoms with Crippen molar-refractivity contribution in [3.05, 3.63) is 72.7 Å². The lowest BCUT2D eigenvalue weighted by Crippen LogP contribution is -2.13. The summed E-state index contributed by atoms with van der Waals surface area (Å²) in [6.45, 7) is 0. The van der Waals surface area contributed by atoms with Crippen molar-refractivity contribution in [3.8, 4) is 11.5 Å². The molecule has 0 radical (unpaired) electrons. The average Bonchev–Trinajstić information content (AvgIpc) is 2.62. The Morgan fingerprint density at radius 2 is 1.35 bits per heavy atom. The molecule has 1 heterocycles. The zero-order valence-corrected chi connectivity index (χ0v) is 11.9. The monoisotopic (exact) mass is 312 g/mol. The van der Waals surface area contributed by atoms with E-state index in [0.717, 1.165) is 6.20 Å². The Morgan fingerprint density at radius 1 is 0.783 bits per heavy atom. The zero-order valence-electron chi connectivity index (χ0n) is 11.9. The van der Waals surface area contributed by atoms with Crippen LogP contribution in [0.25, 0.3) is 0 Å². The minimum atomic E-state index is -0.647. The van der Waals surface area contributed by atoms with Crippen LogP contribution in [0.5, 0.6) is 11.5 Å². The van der Waals surface area contributed by atoms with E-state index in [-0.39, 0.29) is 11.8 Å². The van der Waals surface area contributed by atoms with Crippen LogP contribution >= 0.6 is 0 Å². The molecule has 3 aromatic rings. The molecule has 0 bridgehead atoms. The quantitative estimate of drug-likeness (QED) is 0.680. The Kier molecular flexibility index (Phi) is 4.49. The minimum absolute atomic E-state index is 0.0921. The van der Waals surface area contributed by atoms with E-state index in [1.54, 1.807) is 36.4 Å². The molecule has 2 aromatic carbocycles. The first kappa shape index (κ1) is 14.6. The number of benzene rings is 2. The van der Waals surface area contributed by atoms with Crippen LogP contribution in [0, 0.1) is 5.82 Å². The standard InChI is InChI=1S/C16H13FN4O2/c17-14-11-18-16(21-23-13-9-5-2-6-10-13)19-15(14)20-22-12-7-3-1-4-8-12/h1-11H,(H2,18,19,20,21). The lowest BCUT2D eigenvalue weighted by Gasteiger charge is -2.10. The fourth-order valence-corrected chi connectivity index (χ4v) is 1.68. The zero-order chi connectivity index (χ0) is 15.9. The summed E-state index contributed by atoms with van der Waals surface area (Å²) in [5, 5.41) is 0. The number of nitrogens with zero attached hydrogens (tertiary/aromatic N) is 2. The van der Waals surface area contributed by atoms with Crippen molar-refractivity contribution in [1.29, 1.82) is 0 Å². The summed E-state index contributed by atoms with van der Waals surface area (Å²) in [5.41, 5.74) is 4.99. The molecule has 0 atom stereocenters. The fourth-order valence-electron chi connectivity index (χ4n) is 1.68. The predicted octanol–water partition coefficient (Wildman–Crippen LogP) is 3.43. The topological polar surface area (TPSA) is 68.3 Å². The average molecular weight is 312 g/mol. The number of hydrogen-bond acceptors (Lipinski definition) is 6. The van der Waals surface area contributed by atoms with Crippen LogP contribution in [-0.2, 0) is 0 Å². The number of halogens is 1. The third-order valence-electron chi connectivity index (χ3n) is 2.76. The first-order valence-corrected chi connectivity index (χ1v) is 6.79. The maximum atomic E-state index is 13.7. The number of hydrogen-bond donors (Lipinski definition) is 2. The number of aromatic nitrogens is 2. The van der Waals surface area contributed by atoms with Gasteiger partial charge in [-0.25, -0.2) is 14.9 Å². The van der Waals surface area contributed by atoms with Gasteiger partial charge in [0.25, 0.3) is 5.95 Å². The Bertz CT molecular complexity index is 757. The van der Waals surface area contributed by atoms with Crippen LogP contribution < -0.4 is 20.6 Å². The molecular weight excluding hydrogens is 299 g/mol. The van der Waals surface area contributed by atoms with Gasteiger partial charge in [-0.05, 0) is 24.3 Å². The van der Waals surface area contributed by atoms with Crippen LogP contribution in [0.3, 0.4) is 0 Å². The molecule has 6 nitrogen and oxygen atoms in total. The molecule has 23 heavy (non-hydrogen) atoms. The Hall–Kier alpha value is -3.35. The normalized spacial score (nSPS) is 9.96. The highest BCUT2D eigenvalue weighted by molar-refractivity contribution is 5.40. The summed E-state index contributed by atoms with van der Waals surface area (Å²) < 4.78 is 13.7. The van der Waals surface area contributed by atoms with Crippen molar-refractivity contribution >= 4 is 11.8 Å². The van der Waals surface area contributed by atoms with Crippen LogP contribution in [0.2, 0.25) is 0 Å². The van der Waals surface area contributed by atoms with Gasteiger partial charge in [-0.15, -0.1) is 0 Å². The van der Waals surface area contributed by atoms with Crippen LogP contribution in [0.15, 0.2) is 66.9 Å². The minimum Gasteiger partial charge on any atom is -0.381 e. The van der Waals surface area contributed by atoms with E-state index in [0.29, 0.717) is 11.5 Å². The molecular formula is C16H13FN4O2. The van der Waals surface area contributed by atoms with Gasteiger partial charge in [-0.1, -0.05) is 36.4 Å². The van der Waals surface area contributed by atoms with Crippen molar-refractivity contribution in [3.63, 3.8) is 0 Å². The highest BCUT2D eigenvalue weighted by atomic mass is 19.1. The number of anilines is 2. The van der Waals surface area contributed by atoms with E-state index in [9.17, 15) is 4.39 Å². The lowest BCUT2D eigenvalue weighted by molar-refractivity contribution is 0.389. The molecule has 0 saturated carbocycles. The number of para-hydroxylation sites is 2. The maximum Gasteiger partial charge on any atom is 0.258 e. The Labute approximate surface area is 131 Å². The van der Waals surface area contributed by atoms with Gasteiger partial charge in [-0.3, -0.25) is 0 Å². The van der Waals surface area contributed by atoms with Gasteiger partial charge in [0.2, 0.25) is 5.82 Å². The number of nitrogens with one attached hydrogen (secondary N) is 2. The molecule has 0 aliphatic rings. The van der Waals surface area contributed by atoms with Crippen molar-refractivity contribution < 1.29 is 14.1 Å². The maximum absolute atomic E-state index is 13.7. The highest BCUT2D eigenvalue weighted by Crippen LogP contribution is 2.15. The van der Waals surface area contributed by atoms with Gasteiger partial charge in [0.05, 0.1) is 6.20 Å². The molecule has 0 fully saturated rings. The molecule has 7 heteroatoms. The van der Waals surface area contributed by atoms with E-state index in [2.05, 4.69) is 20.9 Å². The van der Waals surface area contributed by atoms with Crippen LogP contribution in [-0.4, -0.2) is 9.97 Å². The second-order valence-corrected chi connectivity index (χ2v) is 4.42. The van der Waals surface area contributed by atoms with Gasteiger partial charge in [0, 0.05) is 0 Å². The molecule has 1 aromatic heterocycles. The van der Waals surface area contributed by atoms with Gasteiger partial charge in [0.15, 0.2) is 17.3 Å². The van der Waals surface area contributed by atoms with Gasteiger partial charge in [0.1, 0.15) is 0 Å². The summed E-state index contributed by atoms with van der Waals surface area (Å²) in [6.07, 6.45) is 1.01. The summed E-state index contributed by atoms with van der Waals surface area (Å²) >= 11 is 0. The smallest absolute Gasteiger partial charge is 0.258 e. The molecule has 0 unspecified atom stereocenters. The van der Waals surface area contributed by atoms with Gasteiger partial charge in [-0.2, -0.15) is 10.5 Å². The third-order valence-corrected chi connectivity index (χ3v) is 2.76. The second kappa shape index (κ2) is 7.08. The molecule has 2 N–H and O–H groups in total. The molecule has 0 amide bonds. The first-order chi connectivity index (χ1) is 11.3. The molecule has 0 spiro atoms. The fraction of sp³-hybridized carbons (Fsp3) is 0. The van der Waals surface area contributed by atoms with E-state index >= 15 is 0 Å². The van der Waals surface area contributed by atoms with Crippen molar-refractivity contribution in [2.45, 2.75) is 0 Å². The second-order valence-electron chi connectivity index (χ2n) is 4.42. The van der Waals surface area contributed by atoms with Crippen molar-refractivity contribution in [2.24, 2.45) is 0 Å². The summed E-state index contributed by atoms with van der Waals surface area (Å²) in [6, 6.07) is 17.9. The van der Waals surface area contributed by atoms with Crippen molar-refractivity contribution in [2.75, 3.05) is 11.0 Å². The highest BCUT2D eigenvalue weighted by Gasteiger charge is 2.08. The lowest BCUT2D eigenvalue weighted by atomic mass is 10.3. The van der Waals surface area contributed by atoms with E-state index in [4.69, 9.17) is 9.68 Å². The Balaban J connectivity index is 1.64. The number of rotatable bonds is 6. The molecule has 116 valence electrons. The van der Waals surface area contributed by atoms with Gasteiger partial charge < -0.3 is 9.68 Å². The molecule has 0 saturated heterocycles. The predicted molar refractivity (Wildman–Crippen MR) is 83.4 cm³/mol. The Morgan fingerprint density at radius 3 is 1.96 bits per heavy atom. The third kappa shape index (κ3) is 4.07. The van der Waals surface area contributed by atoms with Crippen molar-refractivity contribution in [1.82, 2.24) is 9.97 Å². The largest absolute Gasteiger partial charge is 0.381 e. The van der Waals surface area contributed by atoms with E-state index in [1.807, 2.05) is 24.3 Å². The summed E-state index contributed by atoms with van der Waals surface area (Å²) in [5.74, 6) is 0.444. The van der Waals surface area contributed by atoms with Crippen LogP contribution in [0.4, 0.5) is 16.2 Å². The van der Waals surface area contributed by atoms with Crippen LogP contribution in [0.1, 0.15) is 0 Å². The molecule has 3 rings (SSSR count). The first-order valence-electron chi connectivity index (χ1n) is 6.79. The molecule has 0 aliphatic heterocycles. The summed E-state index contributed by atoms with van der Waals surface area (Å²) in [7, 11) is 0. The SMILES string of the molecule is Fc1cnc(NOc2ccccc2)nc1NOc1ccccc1. The van der Waals surface area contributed by atoms with E-state index in [1.165, 1.54) is 0 Å².